The van der Waals surface area contributed by atoms with Crippen LogP contribution in [0.2, 0.25) is 0 Å². The van der Waals surface area contributed by atoms with E-state index in [-0.39, 0.29) is 11.3 Å². The lowest BCUT2D eigenvalue weighted by molar-refractivity contribution is -0.115. The van der Waals surface area contributed by atoms with Gasteiger partial charge in [-0.05, 0) is 17.5 Å². The van der Waals surface area contributed by atoms with Crippen LogP contribution < -0.4 is 0 Å². The van der Waals surface area contributed by atoms with Crippen molar-refractivity contribution in [1.29, 1.82) is 0 Å². The van der Waals surface area contributed by atoms with E-state index in [0.29, 0.717) is 0 Å². The SMILES string of the molecule is CC(C)(C=O)CC(c1ccccc1)c1ccccc1. The van der Waals surface area contributed by atoms with Gasteiger partial charge in [-0.2, -0.15) is 0 Å². The second-order valence-electron chi connectivity index (χ2n) is 5.68. The van der Waals surface area contributed by atoms with Crippen LogP contribution >= 0.6 is 0 Å². The molecule has 0 spiro atoms. The van der Waals surface area contributed by atoms with Gasteiger partial charge in [-0.3, -0.25) is 0 Å². The van der Waals surface area contributed by atoms with Crippen LogP contribution in [0.4, 0.5) is 0 Å². The number of rotatable bonds is 5. The predicted molar refractivity (Wildman–Crippen MR) is 79.2 cm³/mol. The maximum Gasteiger partial charge on any atom is 0.125 e. The highest BCUT2D eigenvalue weighted by molar-refractivity contribution is 5.58. The molecule has 0 aliphatic rings. The number of hydrogen-bond donors (Lipinski definition) is 0. The first-order valence-electron chi connectivity index (χ1n) is 6.68. The van der Waals surface area contributed by atoms with Crippen LogP contribution in [-0.4, -0.2) is 6.29 Å². The summed E-state index contributed by atoms with van der Waals surface area (Å²) in [5.74, 6) is 0.266. The Morgan fingerprint density at radius 3 is 1.68 bits per heavy atom. The molecule has 0 aliphatic heterocycles. The van der Waals surface area contributed by atoms with E-state index in [9.17, 15) is 4.79 Å². The fraction of sp³-hybridized carbons (Fsp3) is 0.278. The standard InChI is InChI=1S/C18H20O/c1-18(2,14-19)13-17(15-9-5-3-6-10-15)16-11-7-4-8-12-16/h3-12,14,17H,13H2,1-2H3. The minimum absolute atomic E-state index is 0.266. The van der Waals surface area contributed by atoms with Crippen molar-refractivity contribution in [3.63, 3.8) is 0 Å². The largest absolute Gasteiger partial charge is 0.303 e. The maximum absolute atomic E-state index is 11.2. The van der Waals surface area contributed by atoms with Gasteiger partial charge in [0, 0.05) is 11.3 Å². The molecule has 0 saturated heterocycles. The van der Waals surface area contributed by atoms with Crippen LogP contribution in [0.5, 0.6) is 0 Å². The molecule has 0 aromatic heterocycles. The lowest BCUT2D eigenvalue weighted by Crippen LogP contribution is -2.18. The highest BCUT2D eigenvalue weighted by atomic mass is 16.1. The summed E-state index contributed by atoms with van der Waals surface area (Å²) in [7, 11) is 0. The number of carbonyl (C=O) groups excluding carboxylic acids is 1. The van der Waals surface area contributed by atoms with Gasteiger partial charge < -0.3 is 4.79 Å². The van der Waals surface area contributed by atoms with Crippen molar-refractivity contribution in [2.45, 2.75) is 26.2 Å². The van der Waals surface area contributed by atoms with Crippen molar-refractivity contribution in [1.82, 2.24) is 0 Å². The molecular formula is C18H20O. The Balaban J connectivity index is 2.37. The highest BCUT2D eigenvalue weighted by Gasteiger charge is 2.24. The highest BCUT2D eigenvalue weighted by Crippen LogP contribution is 2.35. The van der Waals surface area contributed by atoms with Gasteiger partial charge in [-0.1, -0.05) is 74.5 Å². The van der Waals surface area contributed by atoms with E-state index in [0.717, 1.165) is 12.7 Å². The van der Waals surface area contributed by atoms with Crippen LogP contribution in [0.3, 0.4) is 0 Å². The molecule has 19 heavy (non-hydrogen) atoms. The van der Waals surface area contributed by atoms with Gasteiger partial charge in [0.1, 0.15) is 6.29 Å². The van der Waals surface area contributed by atoms with Crippen LogP contribution in [0.25, 0.3) is 0 Å². The molecule has 0 heterocycles. The Morgan fingerprint density at radius 2 is 1.32 bits per heavy atom. The van der Waals surface area contributed by atoms with Gasteiger partial charge in [0.2, 0.25) is 0 Å². The summed E-state index contributed by atoms with van der Waals surface area (Å²) in [5.41, 5.74) is 2.23. The Bertz CT molecular complexity index is 474. The summed E-state index contributed by atoms with van der Waals surface area (Å²) in [6.45, 7) is 4.00. The maximum atomic E-state index is 11.2. The average molecular weight is 252 g/mol. The quantitative estimate of drug-likeness (QED) is 0.719. The first-order valence-corrected chi connectivity index (χ1v) is 6.68. The lowest BCUT2D eigenvalue weighted by atomic mass is 9.78. The van der Waals surface area contributed by atoms with Gasteiger partial charge in [-0.25, -0.2) is 0 Å². The van der Waals surface area contributed by atoms with Gasteiger partial charge in [0.25, 0.3) is 0 Å². The van der Waals surface area contributed by atoms with E-state index in [1.165, 1.54) is 11.1 Å². The molecule has 0 saturated carbocycles. The summed E-state index contributed by atoms with van der Waals surface area (Å²) in [6, 6.07) is 20.8. The van der Waals surface area contributed by atoms with Crippen LogP contribution in [0.15, 0.2) is 60.7 Å². The molecule has 1 heteroatoms. The third kappa shape index (κ3) is 3.54. The van der Waals surface area contributed by atoms with E-state index in [2.05, 4.69) is 48.5 Å². The molecule has 0 bridgehead atoms. The second kappa shape index (κ2) is 5.83. The van der Waals surface area contributed by atoms with E-state index in [1.54, 1.807) is 0 Å². The normalized spacial score (nSPS) is 11.5. The topological polar surface area (TPSA) is 17.1 Å². The van der Waals surface area contributed by atoms with Crippen molar-refractivity contribution in [2.75, 3.05) is 0 Å². The Hall–Kier alpha value is -1.89. The summed E-state index contributed by atoms with van der Waals surface area (Å²) in [6.07, 6.45) is 1.89. The van der Waals surface area contributed by atoms with Gasteiger partial charge in [-0.15, -0.1) is 0 Å². The minimum atomic E-state index is -0.309. The minimum Gasteiger partial charge on any atom is -0.303 e. The number of hydrogen-bond acceptors (Lipinski definition) is 1. The molecule has 0 unspecified atom stereocenters. The zero-order chi connectivity index (χ0) is 13.7. The third-order valence-electron chi connectivity index (χ3n) is 3.45. The molecule has 0 aliphatic carbocycles. The predicted octanol–water partition coefficient (Wildman–Crippen LogP) is 4.43. The number of carbonyl (C=O) groups is 1. The lowest BCUT2D eigenvalue weighted by Gasteiger charge is -2.25. The molecule has 2 aromatic rings. The molecule has 0 atom stereocenters. The number of aldehydes is 1. The molecule has 1 nitrogen and oxygen atoms in total. The Labute approximate surface area is 115 Å². The molecule has 0 N–H and O–H groups in total. The fourth-order valence-electron chi connectivity index (χ4n) is 2.37. The molecular weight excluding hydrogens is 232 g/mol. The molecule has 0 radical (unpaired) electrons. The molecule has 2 aromatic carbocycles. The van der Waals surface area contributed by atoms with E-state index in [1.807, 2.05) is 26.0 Å². The first-order chi connectivity index (χ1) is 9.12. The van der Waals surface area contributed by atoms with Gasteiger partial charge in [0.15, 0.2) is 0 Å². The third-order valence-corrected chi connectivity index (χ3v) is 3.45. The van der Waals surface area contributed by atoms with Crippen LogP contribution in [-0.2, 0) is 4.79 Å². The fourth-order valence-corrected chi connectivity index (χ4v) is 2.37. The molecule has 98 valence electrons. The van der Waals surface area contributed by atoms with Gasteiger partial charge >= 0.3 is 0 Å². The molecule has 2 rings (SSSR count). The second-order valence-corrected chi connectivity index (χ2v) is 5.68. The Kier molecular flexibility index (Phi) is 4.16. The summed E-state index contributed by atoms with van der Waals surface area (Å²) in [4.78, 5) is 11.2. The number of benzene rings is 2. The van der Waals surface area contributed by atoms with Gasteiger partial charge in [0.05, 0.1) is 0 Å². The first kappa shape index (κ1) is 13.5. The van der Waals surface area contributed by atoms with Crippen molar-refractivity contribution in [3.05, 3.63) is 71.8 Å². The van der Waals surface area contributed by atoms with E-state index in [4.69, 9.17) is 0 Å². The summed E-state index contributed by atoms with van der Waals surface area (Å²) >= 11 is 0. The summed E-state index contributed by atoms with van der Waals surface area (Å²) in [5, 5.41) is 0. The van der Waals surface area contributed by atoms with Crippen molar-refractivity contribution < 1.29 is 4.79 Å². The summed E-state index contributed by atoms with van der Waals surface area (Å²) < 4.78 is 0. The van der Waals surface area contributed by atoms with Crippen molar-refractivity contribution >= 4 is 6.29 Å². The average Bonchev–Trinajstić information content (AvgIpc) is 2.47. The Morgan fingerprint density at radius 1 is 0.895 bits per heavy atom. The smallest absolute Gasteiger partial charge is 0.125 e. The van der Waals surface area contributed by atoms with Crippen molar-refractivity contribution in [3.8, 4) is 0 Å². The zero-order valence-electron chi connectivity index (χ0n) is 11.5. The van der Waals surface area contributed by atoms with Crippen molar-refractivity contribution in [2.24, 2.45) is 5.41 Å². The monoisotopic (exact) mass is 252 g/mol. The van der Waals surface area contributed by atoms with Crippen LogP contribution in [0, 0.1) is 5.41 Å². The molecule has 0 fully saturated rings. The van der Waals surface area contributed by atoms with Crippen LogP contribution in [0.1, 0.15) is 37.3 Å². The molecule has 0 amide bonds. The van der Waals surface area contributed by atoms with E-state index < -0.39 is 0 Å². The van der Waals surface area contributed by atoms with E-state index >= 15 is 0 Å². The zero-order valence-corrected chi connectivity index (χ0v) is 11.5.